The van der Waals surface area contributed by atoms with E-state index in [1.165, 1.54) is 25.7 Å². The third-order valence-corrected chi connectivity index (χ3v) is 4.26. The highest BCUT2D eigenvalue weighted by Crippen LogP contribution is 2.08. The molecule has 2 rings (SSSR count). The number of rotatable bonds is 11. The highest BCUT2D eigenvalue weighted by atomic mass is 16.5. The Hall–Kier alpha value is -2.82. The molecule has 1 heterocycles. The van der Waals surface area contributed by atoms with Crippen molar-refractivity contribution in [3.05, 3.63) is 60.2 Å². The number of carbonyl (C=O) groups is 2. The summed E-state index contributed by atoms with van der Waals surface area (Å²) in [5.74, 6) is -2.04. The van der Waals surface area contributed by atoms with Crippen LogP contribution >= 0.6 is 0 Å². The zero-order valence-electron chi connectivity index (χ0n) is 16.2. The number of benzene rings is 1. The van der Waals surface area contributed by atoms with Crippen LogP contribution in [0, 0.1) is 0 Å². The number of nitrogens with zero attached hydrogens (tertiary/aromatic N) is 2. The van der Waals surface area contributed by atoms with E-state index in [9.17, 15) is 19.6 Å². The van der Waals surface area contributed by atoms with E-state index >= 15 is 0 Å². The van der Waals surface area contributed by atoms with Crippen LogP contribution in [0.5, 0.6) is 0 Å². The fourth-order valence-corrected chi connectivity index (χ4v) is 2.75. The highest BCUT2D eigenvalue weighted by molar-refractivity contribution is 6.43. The number of hydrogen-bond donors (Lipinski definition) is 4. The minimum absolute atomic E-state index is 0.0583. The van der Waals surface area contributed by atoms with Crippen molar-refractivity contribution in [3.63, 3.8) is 0 Å². The fraction of sp³-hybridized carbons (Fsp3) is 0.368. The largest absolute Gasteiger partial charge is 0.475 e. The van der Waals surface area contributed by atoms with E-state index in [0.717, 1.165) is 12.0 Å². The number of nitrogens with one attached hydrogen (secondary N) is 2. The molecule has 9 nitrogen and oxygen atoms in total. The molecule has 1 aromatic heterocycles. The van der Waals surface area contributed by atoms with Gasteiger partial charge >= 0.3 is 7.12 Å². The van der Waals surface area contributed by atoms with Crippen molar-refractivity contribution in [1.82, 2.24) is 20.6 Å². The quantitative estimate of drug-likeness (QED) is 0.382. The van der Waals surface area contributed by atoms with Gasteiger partial charge < -0.3 is 25.4 Å². The van der Waals surface area contributed by atoms with Crippen molar-refractivity contribution in [2.45, 2.75) is 31.2 Å². The SMILES string of the molecule is COCC(NC(=O)c1cnccn1)C(=O)NC(CCCc1ccccc1)B(O)O. The molecule has 2 aromatic rings. The molecule has 0 aliphatic carbocycles. The first-order valence-corrected chi connectivity index (χ1v) is 9.27. The lowest BCUT2D eigenvalue weighted by Gasteiger charge is -2.22. The molecule has 0 aliphatic rings. The lowest BCUT2D eigenvalue weighted by Crippen LogP contribution is -2.55. The summed E-state index contributed by atoms with van der Waals surface area (Å²) in [6.07, 6.45) is 5.82. The summed E-state index contributed by atoms with van der Waals surface area (Å²) in [5, 5.41) is 24.4. The Morgan fingerprint density at radius 3 is 2.55 bits per heavy atom. The van der Waals surface area contributed by atoms with Crippen LogP contribution in [0.1, 0.15) is 28.9 Å². The average molecular weight is 400 g/mol. The van der Waals surface area contributed by atoms with E-state index in [0.29, 0.717) is 12.8 Å². The van der Waals surface area contributed by atoms with Crippen molar-refractivity contribution in [2.24, 2.45) is 0 Å². The monoisotopic (exact) mass is 400 g/mol. The van der Waals surface area contributed by atoms with Gasteiger partial charge in [-0.05, 0) is 24.8 Å². The van der Waals surface area contributed by atoms with Gasteiger partial charge in [-0.1, -0.05) is 30.3 Å². The molecule has 0 spiro atoms. The van der Waals surface area contributed by atoms with Crippen molar-refractivity contribution < 1.29 is 24.4 Å². The third-order valence-electron chi connectivity index (χ3n) is 4.26. The summed E-state index contributed by atoms with van der Waals surface area (Å²) < 4.78 is 5.01. The number of aromatic nitrogens is 2. The van der Waals surface area contributed by atoms with Gasteiger partial charge in [0.25, 0.3) is 5.91 Å². The third kappa shape index (κ3) is 7.61. The molecular formula is C19H25BN4O5. The molecular weight excluding hydrogens is 375 g/mol. The van der Waals surface area contributed by atoms with E-state index in [1.807, 2.05) is 30.3 Å². The first kappa shape index (κ1) is 22.5. The molecule has 2 unspecified atom stereocenters. The normalized spacial score (nSPS) is 12.7. The number of aryl methyl sites for hydroxylation is 1. The second-order valence-corrected chi connectivity index (χ2v) is 6.48. The van der Waals surface area contributed by atoms with Crippen LogP contribution in [0.2, 0.25) is 0 Å². The molecule has 0 fully saturated rings. The first-order valence-electron chi connectivity index (χ1n) is 9.27. The number of amides is 2. The number of carbonyl (C=O) groups excluding carboxylic acids is 2. The van der Waals surface area contributed by atoms with Gasteiger partial charge in [-0.25, -0.2) is 4.98 Å². The van der Waals surface area contributed by atoms with Gasteiger partial charge in [0.05, 0.1) is 18.7 Å². The van der Waals surface area contributed by atoms with E-state index < -0.39 is 30.9 Å². The van der Waals surface area contributed by atoms with Gasteiger partial charge in [0.1, 0.15) is 11.7 Å². The van der Waals surface area contributed by atoms with E-state index in [1.54, 1.807) is 0 Å². The molecule has 0 radical (unpaired) electrons. The van der Waals surface area contributed by atoms with Crippen LogP contribution in [0.3, 0.4) is 0 Å². The molecule has 0 saturated carbocycles. The Labute approximate surface area is 169 Å². The Balaban J connectivity index is 1.92. The zero-order valence-corrected chi connectivity index (χ0v) is 16.2. The molecule has 29 heavy (non-hydrogen) atoms. The average Bonchev–Trinajstić information content (AvgIpc) is 2.73. The molecule has 2 atom stereocenters. The van der Waals surface area contributed by atoms with Gasteiger partial charge in [0, 0.05) is 19.5 Å². The lowest BCUT2D eigenvalue weighted by atomic mass is 9.76. The number of ether oxygens (including phenoxy) is 1. The minimum Gasteiger partial charge on any atom is -0.426 e. The summed E-state index contributed by atoms with van der Waals surface area (Å²) in [5.41, 5.74) is 1.18. The van der Waals surface area contributed by atoms with Gasteiger partial charge in [-0.3, -0.25) is 14.6 Å². The number of hydrogen-bond acceptors (Lipinski definition) is 7. The van der Waals surface area contributed by atoms with Crippen LogP contribution in [0.15, 0.2) is 48.9 Å². The first-order chi connectivity index (χ1) is 14.0. The van der Waals surface area contributed by atoms with Crippen LogP contribution in [0.4, 0.5) is 0 Å². The maximum Gasteiger partial charge on any atom is 0.475 e. The van der Waals surface area contributed by atoms with Gasteiger partial charge in [-0.2, -0.15) is 0 Å². The summed E-state index contributed by atoms with van der Waals surface area (Å²) in [6, 6.07) is 8.74. The van der Waals surface area contributed by atoms with E-state index in [2.05, 4.69) is 20.6 Å². The Kier molecular flexibility index (Phi) is 9.22. The Morgan fingerprint density at radius 2 is 1.93 bits per heavy atom. The van der Waals surface area contributed by atoms with Gasteiger partial charge in [0.15, 0.2) is 0 Å². The maximum absolute atomic E-state index is 12.6. The summed E-state index contributed by atoms with van der Waals surface area (Å²) in [7, 11) is -0.332. The smallest absolute Gasteiger partial charge is 0.426 e. The van der Waals surface area contributed by atoms with E-state index in [4.69, 9.17) is 4.74 Å². The van der Waals surface area contributed by atoms with Gasteiger partial charge in [-0.15, -0.1) is 0 Å². The van der Waals surface area contributed by atoms with Crippen molar-refractivity contribution in [3.8, 4) is 0 Å². The van der Waals surface area contributed by atoms with Crippen LogP contribution in [-0.2, 0) is 16.0 Å². The second-order valence-electron chi connectivity index (χ2n) is 6.48. The highest BCUT2D eigenvalue weighted by Gasteiger charge is 2.29. The standard InChI is InChI=1S/C19H25BN4O5/c1-29-13-16(23-18(25)15-12-21-10-11-22-15)19(26)24-17(20(27)28)9-5-8-14-6-3-2-4-7-14/h2-4,6-7,10-12,16-17,27-28H,5,8-9,13H2,1H3,(H,23,25)(H,24,26). The second kappa shape index (κ2) is 11.9. The topological polar surface area (TPSA) is 134 Å². The molecule has 0 aliphatic heterocycles. The summed E-state index contributed by atoms with van der Waals surface area (Å²) >= 11 is 0. The predicted octanol–water partition coefficient (Wildman–Crippen LogP) is -0.259. The zero-order chi connectivity index (χ0) is 21.1. The summed E-state index contributed by atoms with van der Waals surface area (Å²) in [6.45, 7) is -0.0872. The van der Waals surface area contributed by atoms with Crippen molar-refractivity contribution in [1.29, 1.82) is 0 Å². The fourth-order valence-electron chi connectivity index (χ4n) is 2.75. The molecule has 154 valence electrons. The Bertz CT molecular complexity index is 764. The van der Waals surface area contributed by atoms with Crippen LogP contribution in [0.25, 0.3) is 0 Å². The predicted molar refractivity (Wildman–Crippen MR) is 107 cm³/mol. The molecule has 2 amide bonds. The Morgan fingerprint density at radius 1 is 1.17 bits per heavy atom. The van der Waals surface area contributed by atoms with Crippen LogP contribution < -0.4 is 10.6 Å². The number of methoxy groups -OCH3 is 1. The minimum atomic E-state index is -1.73. The molecule has 0 saturated heterocycles. The molecule has 10 heteroatoms. The molecule has 0 bridgehead atoms. The van der Waals surface area contributed by atoms with E-state index in [-0.39, 0.29) is 12.3 Å². The molecule has 4 N–H and O–H groups in total. The van der Waals surface area contributed by atoms with Gasteiger partial charge in [0.2, 0.25) is 5.91 Å². The van der Waals surface area contributed by atoms with Crippen molar-refractivity contribution >= 4 is 18.9 Å². The maximum atomic E-state index is 12.6. The van der Waals surface area contributed by atoms with Crippen LogP contribution in [-0.4, -0.2) is 64.6 Å². The van der Waals surface area contributed by atoms with Crippen molar-refractivity contribution in [2.75, 3.05) is 13.7 Å². The molecule has 1 aromatic carbocycles. The lowest BCUT2D eigenvalue weighted by molar-refractivity contribution is -0.124. The summed E-state index contributed by atoms with van der Waals surface area (Å²) in [4.78, 5) is 32.5.